The number of rotatable bonds is 1. The molecule has 0 radical (unpaired) electrons. The summed E-state index contributed by atoms with van der Waals surface area (Å²) < 4.78 is 2.69. The molecule has 3 rings (SSSR count). The number of nitrogens with zero attached hydrogens (tertiary/aromatic N) is 3. The molecule has 1 aromatic heterocycles. The maximum atomic E-state index is 12.5. The lowest BCUT2D eigenvalue weighted by Gasteiger charge is -2.35. The average Bonchev–Trinajstić information content (AvgIpc) is 2.84. The molecule has 2 heterocycles. The van der Waals surface area contributed by atoms with Crippen molar-refractivity contribution in [2.45, 2.75) is 25.9 Å². The number of hydrogen-bond acceptors (Lipinski definition) is 2. The van der Waals surface area contributed by atoms with Gasteiger partial charge in [0, 0.05) is 30.2 Å². The van der Waals surface area contributed by atoms with Gasteiger partial charge in [0.05, 0.1) is 6.20 Å². The van der Waals surface area contributed by atoms with Crippen molar-refractivity contribution in [2.24, 2.45) is 7.05 Å². The van der Waals surface area contributed by atoms with Crippen molar-refractivity contribution in [1.82, 2.24) is 14.7 Å². The highest BCUT2D eigenvalue weighted by atomic mass is 79.9. The summed E-state index contributed by atoms with van der Waals surface area (Å²) in [6.45, 7) is 2.70. The Balaban J connectivity index is 1.79. The molecule has 1 aliphatic rings. The number of aryl methyl sites for hydroxylation is 1. The number of carbonyl (C=O) groups excluding carboxylic acids is 1. The highest BCUT2D eigenvalue weighted by molar-refractivity contribution is 9.10. The van der Waals surface area contributed by atoms with Crippen molar-refractivity contribution in [3.8, 4) is 0 Å². The van der Waals surface area contributed by atoms with Crippen molar-refractivity contribution in [1.29, 1.82) is 0 Å². The first kappa shape index (κ1) is 14.1. The van der Waals surface area contributed by atoms with Gasteiger partial charge in [-0.05, 0) is 36.6 Å². The molecule has 1 aromatic carbocycles. The zero-order valence-corrected chi connectivity index (χ0v) is 13.6. The van der Waals surface area contributed by atoms with E-state index in [0.29, 0.717) is 12.4 Å². The summed E-state index contributed by atoms with van der Waals surface area (Å²) in [6, 6.07) is 8.15. The topological polar surface area (TPSA) is 50.2 Å². The van der Waals surface area contributed by atoms with Gasteiger partial charge in [-0.2, -0.15) is 5.10 Å². The molecule has 2 aromatic rings. The molecule has 1 unspecified atom stereocenters. The standard InChI is InChI=1S/C15H17BrN4O/c1-10-7-11-3-4-13(16)8-12(11)9-20(10)15(21)18-14-5-6-17-19(14)2/h3-6,8,10H,7,9H2,1-2H3,(H,18,21). The molecule has 0 saturated heterocycles. The highest BCUT2D eigenvalue weighted by Crippen LogP contribution is 2.26. The Kier molecular flexibility index (Phi) is 3.71. The van der Waals surface area contributed by atoms with Crippen LogP contribution in [0.1, 0.15) is 18.1 Å². The molecule has 0 saturated carbocycles. The van der Waals surface area contributed by atoms with E-state index in [1.165, 1.54) is 11.1 Å². The van der Waals surface area contributed by atoms with Gasteiger partial charge in [0.25, 0.3) is 0 Å². The van der Waals surface area contributed by atoms with Crippen LogP contribution in [0, 0.1) is 0 Å². The predicted molar refractivity (Wildman–Crippen MR) is 85.1 cm³/mol. The molecule has 5 nitrogen and oxygen atoms in total. The van der Waals surface area contributed by atoms with Gasteiger partial charge >= 0.3 is 6.03 Å². The third-order valence-electron chi connectivity index (χ3n) is 3.87. The van der Waals surface area contributed by atoms with E-state index >= 15 is 0 Å². The minimum Gasteiger partial charge on any atom is -0.317 e. The number of halogens is 1. The summed E-state index contributed by atoms with van der Waals surface area (Å²) in [4.78, 5) is 14.3. The van der Waals surface area contributed by atoms with Gasteiger partial charge in [-0.25, -0.2) is 4.79 Å². The van der Waals surface area contributed by atoms with Crippen molar-refractivity contribution in [2.75, 3.05) is 5.32 Å². The van der Waals surface area contributed by atoms with Crippen LogP contribution in [0.25, 0.3) is 0 Å². The van der Waals surface area contributed by atoms with Crippen LogP contribution in [0.2, 0.25) is 0 Å². The molecular formula is C15H17BrN4O. The Morgan fingerprint density at radius 1 is 1.38 bits per heavy atom. The van der Waals surface area contributed by atoms with Gasteiger partial charge in [0.1, 0.15) is 5.82 Å². The lowest BCUT2D eigenvalue weighted by Crippen LogP contribution is -2.45. The SMILES string of the molecule is CC1Cc2ccc(Br)cc2CN1C(=O)Nc1ccnn1C. The van der Waals surface area contributed by atoms with Crippen molar-refractivity contribution < 1.29 is 4.79 Å². The third-order valence-corrected chi connectivity index (χ3v) is 4.37. The van der Waals surface area contributed by atoms with E-state index in [1.807, 2.05) is 11.9 Å². The zero-order chi connectivity index (χ0) is 15.0. The van der Waals surface area contributed by atoms with Crippen LogP contribution in [0.4, 0.5) is 10.6 Å². The molecule has 1 atom stereocenters. The van der Waals surface area contributed by atoms with Crippen LogP contribution in [-0.2, 0) is 20.0 Å². The van der Waals surface area contributed by atoms with Gasteiger partial charge in [-0.15, -0.1) is 0 Å². The number of hydrogen-bond donors (Lipinski definition) is 1. The number of nitrogens with one attached hydrogen (secondary N) is 1. The van der Waals surface area contributed by atoms with Gasteiger partial charge in [0.2, 0.25) is 0 Å². The van der Waals surface area contributed by atoms with Crippen LogP contribution in [0.3, 0.4) is 0 Å². The largest absolute Gasteiger partial charge is 0.323 e. The van der Waals surface area contributed by atoms with Crippen LogP contribution < -0.4 is 5.32 Å². The lowest BCUT2D eigenvalue weighted by molar-refractivity contribution is 0.182. The van der Waals surface area contributed by atoms with E-state index in [0.717, 1.165) is 10.9 Å². The minimum atomic E-state index is -0.0864. The Morgan fingerprint density at radius 3 is 2.90 bits per heavy atom. The second-order valence-electron chi connectivity index (χ2n) is 5.36. The molecular weight excluding hydrogens is 332 g/mol. The van der Waals surface area contributed by atoms with E-state index in [2.05, 4.69) is 51.5 Å². The van der Waals surface area contributed by atoms with Crippen LogP contribution in [0.5, 0.6) is 0 Å². The molecule has 1 aliphatic heterocycles. The second-order valence-corrected chi connectivity index (χ2v) is 6.28. The number of urea groups is 1. The number of amides is 2. The van der Waals surface area contributed by atoms with E-state index in [9.17, 15) is 4.79 Å². The summed E-state index contributed by atoms with van der Waals surface area (Å²) in [6.07, 6.45) is 2.54. The number of aromatic nitrogens is 2. The zero-order valence-electron chi connectivity index (χ0n) is 12.0. The maximum Gasteiger partial charge on any atom is 0.323 e. The quantitative estimate of drug-likeness (QED) is 0.860. The van der Waals surface area contributed by atoms with E-state index in [-0.39, 0.29) is 12.1 Å². The van der Waals surface area contributed by atoms with Gasteiger partial charge < -0.3 is 4.90 Å². The first-order valence-corrected chi connectivity index (χ1v) is 7.67. The van der Waals surface area contributed by atoms with Crippen LogP contribution >= 0.6 is 15.9 Å². The minimum absolute atomic E-state index is 0.0864. The van der Waals surface area contributed by atoms with Crippen LogP contribution in [0.15, 0.2) is 34.9 Å². The molecule has 0 bridgehead atoms. The molecule has 1 N–H and O–H groups in total. The summed E-state index contributed by atoms with van der Waals surface area (Å²) in [5.74, 6) is 0.701. The fourth-order valence-electron chi connectivity index (χ4n) is 2.66. The Bertz CT molecular complexity index is 682. The van der Waals surface area contributed by atoms with Crippen molar-refractivity contribution in [3.63, 3.8) is 0 Å². The summed E-state index contributed by atoms with van der Waals surface area (Å²) in [5.41, 5.74) is 2.51. The van der Waals surface area contributed by atoms with Crippen molar-refractivity contribution in [3.05, 3.63) is 46.1 Å². The smallest absolute Gasteiger partial charge is 0.317 e. The predicted octanol–water partition coefficient (Wildman–Crippen LogP) is 3.16. The number of anilines is 1. The summed E-state index contributed by atoms with van der Waals surface area (Å²) in [7, 11) is 1.81. The highest BCUT2D eigenvalue weighted by Gasteiger charge is 2.27. The van der Waals surface area contributed by atoms with Crippen LogP contribution in [-0.4, -0.2) is 26.8 Å². The van der Waals surface area contributed by atoms with Gasteiger partial charge in [-0.1, -0.05) is 22.0 Å². The molecule has 2 amide bonds. The van der Waals surface area contributed by atoms with Crippen molar-refractivity contribution >= 4 is 27.8 Å². The fraction of sp³-hybridized carbons (Fsp3) is 0.333. The molecule has 110 valence electrons. The number of carbonyl (C=O) groups is 1. The normalized spacial score (nSPS) is 17.5. The van der Waals surface area contributed by atoms with Gasteiger partial charge in [-0.3, -0.25) is 10.00 Å². The monoisotopic (exact) mass is 348 g/mol. The molecule has 21 heavy (non-hydrogen) atoms. The lowest BCUT2D eigenvalue weighted by atomic mass is 9.95. The first-order chi connectivity index (χ1) is 10.0. The molecule has 0 aliphatic carbocycles. The maximum absolute atomic E-state index is 12.5. The molecule has 0 fully saturated rings. The third kappa shape index (κ3) is 2.81. The first-order valence-electron chi connectivity index (χ1n) is 6.87. The number of benzene rings is 1. The fourth-order valence-corrected chi connectivity index (χ4v) is 3.07. The second kappa shape index (κ2) is 5.52. The van der Waals surface area contributed by atoms with E-state index < -0.39 is 0 Å². The summed E-state index contributed by atoms with van der Waals surface area (Å²) >= 11 is 3.49. The summed E-state index contributed by atoms with van der Waals surface area (Å²) in [5, 5.41) is 6.97. The molecule has 6 heteroatoms. The number of fused-ring (bicyclic) bond motifs is 1. The van der Waals surface area contributed by atoms with E-state index in [4.69, 9.17) is 0 Å². The van der Waals surface area contributed by atoms with Gasteiger partial charge in [0.15, 0.2) is 0 Å². The van der Waals surface area contributed by atoms with E-state index in [1.54, 1.807) is 16.9 Å². The average molecular weight is 349 g/mol. The Morgan fingerprint density at radius 2 is 2.19 bits per heavy atom. The Labute approximate surface area is 132 Å². The Hall–Kier alpha value is -1.82. The molecule has 0 spiro atoms.